The van der Waals surface area contributed by atoms with Crippen molar-refractivity contribution in [2.75, 3.05) is 31.1 Å². The molecule has 0 unspecified atom stereocenters. The Bertz CT molecular complexity index is 1050. The van der Waals surface area contributed by atoms with E-state index in [2.05, 4.69) is 15.2 Å². The number of anilines is 1. The Hall–Kier alpha value is -2.55. The number of rotatable bonds is 4. The van der Waals surface area contributed by atoms with Gasteiger partial charge in [-0.05, 0) is 36.4 Å². The first-order valence-corrected chi connectivity index (χ1v) is 10.6. The summed E-state index contributed by atoms with van der Waals surface area (Å²) in [6, 6.07) is 14.1. The van der Waals surface area contributed by atoms with Crippen LogP contribution in [-0.4, -0.2) is 54.1 Å². The monoisotopic (exact) mass is 415 g/mol. The van der Waals surface area contributed by atoms with E-state index in [1.807, 2.05) is 29.2 Å². The van der Waals surface area contributed by atoms with Crippen LogP contribution in [-0.2, 0) is 10.0 Å². The fourth-order valence-electron chi connectivity index (χ4n) is 3.11. The van der Waals surface area contributed by atoms with Gasteiger partial charge in [0.05, 0.1) is 10.7 Å². The maximum absolute atomic E-state index is 12.8. The largest absolute Gasteiger partial charge is 0.352 e. The van der Waals surface area contributed by atoms with Crippen LogP contribution in [0.2, 0.25) is 5.02 Å². The topological polar surface area (TPSA) is 79.3 Å². The molecule has 28 heavy (non-hydrogen) atoms. The van der Waals surface area contributed by atoms with Crippen LogP contribution in [0, 0.1) is 0 Å². The zero-order chi connectivity index (χ0) is 19.6. The Morgan fingerprint density at radius 1 is 0.893 bits per heavy atom. The summed E-state index contributed by atoms with van der Waals surface area (Å²) in [5.74, 6) is 0.724. The van der Waals surface area contributed by atoms with Crippen LogP contribution in [0.4, 0.5) is 5.82 Å². The number of piperazine rings is 1. The van der Waals surface area contributed by atoms with Crippen LogP contribution in [0.25, 0.3) is 11.3 Å². The molecule has 1 aliphatic heterocycles. The molecule has 0 amide bonds. The van der Waals surface area contributed by atoms with Gasteiger partial charge in [0.2, 0.25) is 10.0 Å². The highest BCUT2D eigenvalue weighted by atomic mass is 35.5. The molecule has 0 bridgehead atoms. The van der Waals surface area contributed by atoms with E-state index >= 15 is 0 Å². The smallest absolute Gasteiger partial charge is 0.244 e. The normalized spacial score (nSPS) is 15.5. The third kappa shape index (κ3) is 3.71. The molecule has 3 heterocycles. The summed E-state index contributed by atoms with van der Waals surface area (Å²) in [5.41, 5.74) is 1.65. The number of hydrogen-bond donors (Lipinski definition) is 0. The van der Waals surface area contributed by atoms with Crippen molar-refractivity contribution in [3.63, 3.8) is 0 Å². The predicted octanol–water partition coefficient (Wildman–Crippen LogP) is 2.70. The zero-order valence-corrected chi connectivity index (χ0v) is 16.5. The van der Waals surface area contributed by atoms with Gasteiger partial charge in [0.1, 0.15) is 4.90 Å². The molecule has 0 saturated carbocycles. The van der Waals surface area contributed by atoms with E-state index in [9.17, 15) is 8.42 Å². The molecular formula is C19H18ClN5O2S. The Kier molecular flexibility index (Phi) is 5.25. The molecule has 1 aliphatic rings. The van der Waals surface area contributed by atoms with E-state index in [0.29, 0.717) is 26.2 Å². The third-order valence-electron chi connectivity index (χ3n) is 4.62. The Morgan fingerprint density at radius 3 is 2.32 bits per heavy atom. The van der Waals surface area contributed by atoms with Crippen molar-refractivity contribution in [1.82, 2.24) is 19.5 Å². The van der Waals surface area contributed by atoms with E-state index < -0.39 is 10.0 Å². The average molecular weight is 416 g/mol. The van der Waals surface area contributed by atoms with Crippen LogP contribution in [0.1, 0.15) is 0 Å². The molecular weight excluding hydrogens is 398 g/mol. The van der Waals surface area contributed by atoms with Crippen LogP contribution in [0.3, 0.4) is 0 Å². The molecule has 4 rings (SSSR count). The van der Waals surface area contributed by atoms with Gasteiger partial charge in [-0.1, -0.05) is 23.7 Å². The molecule has 0 radical (unpaired) electrons. The van der Waals surface area contributed by atoms with Crippen LogP contribution >= 0.6 is 11.6 Å². The van der Waals surface area contributed by atoms with Gasteiger partial charge in [0, 0.05) is 44.1 Å². The molecule has 7 nitrogen and oxygen atoms in total. The van der Waals surface area contributed by atoms with Crippen LogP contribution in [0.15, 0.2) is 65.8 Å². The second kappa shape index (κ2) is 7.83. The molecule has 2 aromatic heterocycles. The van der Waals surface area contributed by atoms with Gasteiger partial charge in [-0.25, -0.2) is 8.42 Å². The molecule has 0 N–H and O–H groups in total. The number of aromatic nitrogens is 3. The van der Waals surface area contributed by atoms with Gasteiger partial charge in [-0.3, -0.25) is 4.98 Å². The maximum Gasteiger partial charge on any atom is 0.244 e. The lowest BCUT2D eigenvalue weighted by molar-refractivity contribution is 0.383. The lowest BCUT2D eigenvalue weighted by Crippen LogP contribution is -2.49. The molecule has 1 fully saturated rings. The van der Waals surface area contributed by atoms with E-state index in [4.69, 9.17) is 11.6 Å². The third-order valence-corrected chi connectivity index (χ3v) is 7.02. The lowest BCUT2D eigenvalue weighted by atomic mass is 10.2. The van der Waals surface area contributed by atoms with Gasteiger partial charge >= 0.3 is 0 Å². The highest BCUT2D eigenvalue weighted by molar-refractivity contribution is 7.89. The summed E-state index contributed by atoms with van der Waals surface area (Å²) in [6.07, 6.45) is 3.45. The lowest BCUT2D eigenvalue weighted by Gasteiger charge is -2.34. The van der Waals surface area contributed by atoms with Gasteiger partial charge in [-0.15, -0.1) is 10.2 Å². The maximum atomic E-state index is 12.8. The highest BCUT2D eigenvalue weighted by Crippen LogP contribution is 2.26. The first-order chi connectivity index (χ1) is 13.6. The van der Waals surface area contributed by atoms with Crippen molar-refractivity contribution in [3.05, 3.63) is 65.9 Å². The van der Waals surface area contributed by atoms with Crippen molar-refractivity contribution >= 4 is 27.4 Å². The van der Waals surface area contributed by atoms with E-state index in [-0.39, 0.29) is 9.92 Å². The summed E-state index contributed by atoms with van der Waals surface area (Å²) in [6.45, 7) is 1.79. The van der Waals surface area contributed by atoms with Gasteiger partial charge in [-0.2, -0.15) is 4.31 Å². The molecule has 3 aromatic rings. The fourth-order valence-corrected chi connectivity index (χ4v) is 5.03. The van der Waals surface area contributed by atoms with Gasteiger partial charge < -0.3 is 4.90 Å². The van der Waals surface area contributed by atoms with Gasteiger partial charge in [0.15, 0.2) is 5.82 Å². The van der Waals surface area contributed by atoms with Crippen LogP contribution < -0.4 is 4.90 Å². The number of benzene rings is 1. The van der Waals surface area contributed by atoms with Crippen molar-refractivity contribution < 1.29 is 8.42 Å². The van der Waals surface area contributed by atoms with E-state index in [1.165, 1.54) is 10.4 Å². The fraction of sp³-hybridized carbons (Fsp3) is 0.211. The SMILES string of the molecule is O=S(=O)(c1ccccc1Cl)N1CCN(c2ccc(-c3cccnc3)nn2)CC1. The van der Waals surface area contributed by atoms with Gasteiger partial charge in [0.25, 0.3) is 0 Å². The predicted molar refractivity (Wildman–Crippen MR) is 108 cm³/mol. The number of pyridine rings is 1. The second-order valence-electron chi connectivity index (χ2n) is 6.34. The van der Waals surface area contributed by atoms with E-state index in [0.717, 1.165) is 17.1 Å². The molecule has 0 spiro atoms. The van der Waals surface area contributed by atoms with Crippen molar-refractivity contribution in [3.8, 4) is 11.3 Å². The molecule has 0 atom stereocenters. The highest BCUT2D eigenvalue weighted by Gasteiger charge is 2.30. The molecule has 144 valence electrons. The molecule has 1 saturated heterocycles. The first kappa shape index (κ1) is 18.8. The van der Waals surface area contributed by atoms with E-state index in [1.54, 1.807) is 30.6 Å². The quantitative estimate of drug-likeness (QED) is 0.651. The average Bonchev–Trinajstić information content (AvgIpc) is 2.75. The summed E-state index contributed by atoms with van der Waals surface area (Å²) in [5, 5.41) is 8.81. The number of sulfonamides is 1. The summed E-state index contributed by atoms with van der Waals surface area (Å²) in [4.78, 5) is 6.26. The Morgan fingerprint density at radius 2 is 1.68 bits per heavy atom. The minimum atomic E-state index is -3.61. The molecule has 0 aliphatic carbocycles. The molecule has 1 aromatic carbocycles. The number of hydrogen-bond acceptors (Lipinski definition) is 6. The first-order valence-electron chi connectivity index (χ1n) is 8.79. The second-order valence-corrected chi connectivity index (χ2v) is 8.65. The minimum absolute atomic E-state index is 0.144. The Balaban J connectivity index is 1.45. The zero-order valence-electron chi connectivity index (χ0n) is 14.9. The van der Waals surface area contributed by atoms with Crippen molar-refractivity contribution in [2.45, 2.75) is 4.90 Å². The van der Waals surface area contributed by atoms with Crippen LogP contribution in [0.5, 0.6) is 0 Å². The standard InChI is InChI=1S/C19H18ClN5O2S/c20-16-5-1-2-6-18(16)28(26,27)25-12-10-24(11-13-25)19-8-7-17(22-23-19)15-4-3-9-21-14-15/h1-9,14H,10-13H2. The number of nitrogens with zero attached hydrogens (tertiary/aromatic N) is 5. The van der Waals surface area contributed by atoms with Crippen molar-refractivity contribution in [2.24, 2.45) is 0 Å². The number of halogens is 1. The Labute approximate surface area is 168 Å². The minimum Gasteiger partial charge on any atom is -0.352 e. The van der Waals surface area contributed by atoms with Crippen molar-refractivity contribution in [1.29, 1.82) is 0 Å². The summed E-state index contributed by atoms with van der Waals surface area (Å²) < 4.78 is 27.1. The summed E-state index contributed by atoms with van der Waals surface area (Å²) >= 11 is 6.08. The summed E-state index contributed by atoms with van der Waals surface area (Å²) in [7, 11) is -3.61. The molecule has 9 heteroatoms.